The number of halogens is 1. The number of carbonyl (C=O) groups is 1. The normalized spacial score (nSPS) is 10.6. The van der Waals surface area contributed by atoms with Crippen LogP contribution in [-0.2, 0) is 20.2 Å². The Bertz CT molecular complexity index is 968. The molecule has 1 N–H and O–H groups in total. The van der Waals surface area contributed by atoms with E-state index in [2.05, 4.69) is 10.4 Å². The summed E-state index contributed by atoms with van der Waals surface area (Å²) in [5.74, 6) is 1.18. The SMILES string of the molecule is COc1ccc(C(=O)NCc2cc(C)nn2C)cc1COc1ccc(Cl)cc1. The second-order valence-corrected chi connectivity index (χ2v) is 6.79. The predicted octanol–water partition coefficient (Wildman–Crippen LogP) is 3.90. The molecule has 7 heteroatoms. The Morgan fingerprint density at radius 3 is 2.57 bits per heavy atom. The summed E-state index contributed by atoms with van der Waals surface area (Å²) in [6.07, 6.45) is 0. The van der Waals surface area contributed by atoms with Crippen molar-refractivity contribution in [2.75, 3.05) is 7.11 Å². The lowest BCUT2D eigenvalue weighted by atomic mass is 10.1. The van der Waals surface area contributed by atoms with E-state index in [9.17, 15) is 4.79 Å². The van der Waals surface area contributed by atoms with Gasteiger partial charge in [0.2, 0.25) is 0 Å². The van der Waals surface area contributed by atoms with Crippen molar-refractivity contribution in [1.29, 1.82) is 0 Å². The van der Waals surface area contributed by atoms with Crippen molar-refractivity contribution in [2.24, 2.45) is 7.05 Å². The Balaban J connectivity index is 1.69. The van der Waals surface area contributed by atoms with Gasteiger partial charge >= 0.3 is 0 Å². The fourth-order valence-electron chi connectivity index (χ4n) is 2.83. The van der Waals surface area contributed by atoms with Gasteiger partial charge in [-0.3, -0.25) is 9.48 Å². The smallest absolute Gasteiger partial charge is 0.251 e. The highest BCUT2D eigenvalue weighted by Crippen LogP contribution is 2.23. The Morgan fingerprint density at radius 1 is 1.18 bits per heavy atom. The van der Waals surface area contributed by atoms with E-state index < -0.39 is 0 Å². The van der Waals surface area contributed by atoms with Crippen molar-refractivity contribution in [3.63, 3.8) is 0 Å². The molecule has 0 spiro atoms. The number of carbonyl (C=O) groups excluding carboxylic acids is 1. The first kappa shape index (κ1) is 19.8. The zero-order chi connectivity index (χ0) is 20.1. The number of aryl methyl sites for hydroxylation is 2. The van der Waals surface area contributed by atoms with Crippen molar-refractivity contribution in [2.45, 2.75) is 20.1 Å². The van der Waals surface area contributed by atoms with Gasteiger partial charge in [0.05, 0.1) is 25.0 Å². The molecular formula is C21H22ClN3O3. The highest BCUT2D eigenvalue weighted by Gasteiger charge is 2.12. The van der Waals surface area contributed by atoms with Crippen LogP contribution >= 0.6 is 11.6 Å². The van der Waals surface area contributed by atoms with Gasteiger partial charge in [-0.15, -0.1) is 0 Å². The molecule has 0 aliphatic rings. The number of nitrogens with one attached hydrogen (secondary N) is 1. The van der Waals surface area contributed by atoms with Crippen LogP contribution in [0.2, 0.25) is 5.02 Å². The van der Waals surface area contributed by atoms with Gasteiger partial charge < -0.3 is 14.8 Å². The van der Waals surface area contributed by atoms with Crippen LogP contribution in [0, 0.1) is 6.92 Å². The van der Waals surface area contributed by atoms with E-state index in [0.717, 1.165) is 17.0 Å². The molecule has 0 unspecified atom stereocenters. The first-order valence-corrected chi connectivity index (χ1v) is 9.17. The van der Waals surface area contributed by atoms with Gasteiger partial charge in [-0.25, -0.2) is 0 Å². The largest absolute Gasteiger partial charge is 0.496 e. The average molecular weight is 400 g/mol. The number of methoxy groups -OCH3 is 1. The third kappa shape index (κ3) is 4.84. The highest BCUT2D eigenvalue weighted by atomic mass is 35.5. The zero-order valence-corrected chi connectivity index (χ0v) is 16.8. The van der Waals surface area contributed by atoms with Gasteiger partial charge in [0.15, 0.2) is 0 Å². The van der Waals surface area contributed by atoms with E-state index in [1.807, 2.05) is 20.0 Å². The molecule has 1 aromatic heterocycles. The number of nitrogens with zero attached hydrogens (tertiary/aromatic N) is 2. The highest BCUT2D eigenvalue weighted by molar-refractivity contribution is 6.30. The average Bonchev–Trinajstić information content (AvgIpc) is 3.02. The van der Waals surface area contributed by atoms with E-state index in [4.69, 9.17) is 21.1 Å². The molecule has 6 nitrogen and oxygen atoms in total. The van der Waals surface area contributed by atoms with Crippen LogP contribution in [0.3, 0.4) is 0 Å². The first-order valence-electron chi connectivity index (χ1n) is 8.79. The molecule has 3 rings (SSSR count). The fraction of sp³-hybridized carbons (Fsp3) is 0.238. The van der Waals surface area contributed by atoms with Crippen molar-refractivity contribution < 1.29 is 14.3 Å². The van der Waals surface area contributed by atoms with E-state index in [0.29, 0.717) is 28.6 Å². The van der Waals surface area contributed by atoms with Gasteiger partial charge in [0, 0.05) is 23.2 Å². The molecule has 1 heterocycles. The van der Waals surface area contributed by atoms with Crippen LogP contribution in [0.4, 0.5) is 0 Å². The molecule has 2 aromatic carbocycles. The Morgan fingerprint density at radius 2 is 1.93 bits per heavy atom. The number of amides is 1. The number of rotatable bonds is 7. The van der Waals surface area contributed by atoms with Crippen LogP contribution < -0.4 is 14.8 Å². The van der Waals surface area contributed by atoms with Crippen molar-refractivity contribution in [3.05, 3.63) is 76.1 Å². The maximum atomic E-state index is 12.6. The summed E-state index contributed by atoms with van der Waals surface area (Å²) >= 11 is 5.89. The fourth-order valence-corrected chi connectivity index (χ4v) is 2.95. The molecule has 0 aliphatic carbocycles. The molecule has 0 saturated carbocycles. The molecule has 3 aromatic rings. The van der Waals surface area contributed by atoms with Crippen LogP contribution in [0.1, 0.15) is 27.3 Å². The number of ether oxygens (including phenoxy) is 2. The molecule has 0 radical (unpaired) electrons. The van der Waals surface area contributed by atoms with Gasteiger partial charge in [0.1, 0.15) is 18.1 Å². The minimum Gasteiger partial charge on any atom is -0.496 e. The van der Waals surface area contributed by atoms with Crippen LogP contribution in [0.15, 0.2) is 48.5 Å². The topological polar surface area (TPSA) is 65.4 Å². The lowest BCUT2D eigenvalue weighted by molar-refractivity contribution is 0.0950. The summed E-state index contributed by atoms with van der Waals surface area (Å²) in [5, 5.41) is 7.84. The van der Waals surface area contributed by atoms with Gasteiger partial charge in [-0.2, -0.15) is 5.10 Å². The summed E-state index contributed by atoms with van der Waals surface area (Å²) in [4.78, 5) is 12.6. The van der Waals surface area contributed by atoms with Crippen LogP contribution in [0.5, 0.6) is 11.5 Å². The van der Waals surface area contributed by atoms with Crippen molar-refractivity contribution in [3.8, 4) is 11.5 Å². The standard InChI is InChI=1S/C21H22ClN3O3/c1-14-10-18(25(2)24-14)12-23-21(26)15-4-9-20(27-3)16(11-15)13-28-19-7-5-17(22)6-8-19/h4-11H,12-13H2,1-3H3,(H,23,26). The molecule has 0 bridgehead atoms. The number of hydrogen-bond acceptors (Lipinski definition) is 4. The Labute approximate surface area is 169 Å². The second kappa shape index (κ2) is 8.80. The maximum Gasteiger partial charge on any atom is 0.251 e. The molecule has 146 valence electrons. The molecular weight excluding hydrogens is 378 g/mol. The number of hydrogen-bond donors (Lipinski definition) is 1. The molecule has 0 fully saturated rings. The van der Waals surface area contributed by atoms with Gasteiger partial charge in [-0.05, 0) is 55.5 Å². The summed E-state index contributed by atoms with van der Waals surface area (Å²) in [5.41, 5.74) is 3.17. The van der Waals surface area contributed by atoms with E-state index >= 15 is 0 Å². The molecule has 0 saturated heterocycles. The minimum atomic E-state index is -0.172. The minimum absolute atomic E-state index is 0.172. The summed E-state index contributed by atoms with van der Waals surface area (Å²) in [6.45, 7) is 2.59. The molecule has 28 heavy (non-hydrogen) atoms. The number of benzene rings is 2. The quantitative estimate of drug-likeness (QED) is 0.654. The van der Waals surface area contributed by atoms with Crippen LogP contribution in [-0.4, -0.2) is 22.8 Å². The van der Waals surface area contributed by atoms with Gasteiger partial charge in [0.25, 0.3) is 5.91 Å². The Kier molecular flexibility index (Phi) is 6.21. The lowest BCUT2D eigenvalue weighted by Gasteiger charge is -2.12. The molecule has 0 aliphatic heterocycles. The van der Waals surface area contributed by atoms with E-state index in [1.165, 1.54) is 0 Å². The van der Waals surface area contributed by atoms with Crippen molar-refractivity contribution in [1.82, 2.24) is 15.1 Å². The molecule has 0 atom stereocenters. The third-order valence-electron chi connectivity index (χ3n) is 4.28. The molecule has 1 amide bonds. The van der Waals surface area contributed by atoms with Crippen LogP contribution in [0.25, 0.3) is 0 Å². The zero-order valence-electron chi connectivity index (χ0n) is 16.0. The summed E-state index contributed by atoms with van der Waals surface area (Å²) < 4.78 is 12.9. The van der Waals surface area contributed by atoms with E-state index in [1.54, 1.807) is 54.3 Å². The van der Waals surface area contributed by atoms with E-state index in [-0.39, 0.29) is 12.5 Å². The van der Waals surface area contributed by atoms with Gasteiger partial charge in [-0.1, -0.05) is 11.6 Å². The summed E-state index contributed by atoms with van der Waals surface area (Å²) in [6, 6.07) is 14.3. The Hall–Kier alpha value is -2.99. The summed E-state index contributed by atoms with van der Waals surface area (Å²) in [7, 11) is 3.44. The predicted molar refractivity (Wildman–Crippen MR) is 108 cm³/mol. The lowest BCUT2D eigenvalue weighted by Crippen LogP contribution is -2.24. The maximum absolute atomic E-state index is 12.6. The second-order valence-electron chi connectivity index (χ2n) is 6.35. The monoisotopic (exact) mass is 399 g/mol. The number of aromatic nitrogens is 2. The first-order chi connectivity index (χ1) is 13.5. The van der Waals surface area contributed by atoms with Crippen molar-refractivity contribution >= 4 is 17.5 Å². The third-order valence-corrected chi connectivity index (χ3v) is 4.53.